The van der Waals surface area contributed by atoms with Crippen LogP contribution >= 0.6 is 0 Å². The molecule has 0 aliphatic heterocycles. The molecule has 0 aromatic heterocycles. The fraction of sp³-hybridized carbons (Fsp3) is 0.467. The molecule has 23 heavy (non-hydrogen) atoms. The van der Waals surface area contributed by atoms with Gasteiger partial charge in [0.15, 0.2) is 0 Å². The number of aliphatic hydroxyl groups excluding tert-OH is 1. The van der Waals surface area contributed by atoms with Crippen molar-refractivity contribution in [1.82, 2.24) is 0 Å². The summed E-state index contributed by atoms with van der Waals surface area (Å²) in [6.07, 6.45) is -0.978. The zero-order valence-electron chi connectivity index (χ0n) is 13.4. The van der Waals surface area contributed by atoms with Crippen LogP contribution in [0.4, 0.5) is 5.69 Å². The van der Waals surface area contributed by atoms with Crippen LogP contribution in [0.3, 0.4) is 0 Å². The van der Waals surface area contributed by atoms with Gasteiger partial charge in [-0.2, -0.15) is 0 Å². The number of carbonyl (C=O) groups is 2. The molecule has 0 heterocycles. The zero-order valence-corrected chi connectivity index (χ0v) is 13.4. The van der Waals surface area contributed by atoms with Gasteiger partial charge < -0.3 is 35.1 Å². The number of aliphatic carboxylic acids is 1. The van der Waals surface area contributed by atoms with Crippen LogP contribution < -0.4 is 25.2 Å². The average Bonchev–Trinajstić information content (AvgIpc) is 2.50. The number of carboxylic acid groups (broad SMARTS) is 1. The van der Waals surface area contributed by atoms with Gasteiger partial charge in [0.25, 0.3) is 0 Å². The number of carboxylic acids is 1. The van der Waals surface area contributed by atoms with Gasteiger partial charge >= 0.3 is 0 Å². The Kier molecular flexibility index (Phi) is 7.30. The molecule has 1 rings (SSSR count). The molecule has 0 fully saturated rings. The lowest BCUT2D eigenvalue weighted by Crippen LogP contribution is -2.94. The number of hydrogen-bond donors (Lipinski definition) is 3. The molecular formula is C15H22N2O6. The molecule has 1 aromatic rings. The SMILES string of the molecule is COc1ccc(OC)c(NC(=O)C[C@H]([NH2+]C[C@@H](C)O)C(=O)[O-])c1. The van der Waals surface area contributed by atoms with E-state index in [1.807, 2.05) is 0 Å². The summed E-state index contributed by atoms with van der Waals surface area (Å²) < 4.78 is 10.2. The van der Waals surface area contributed by atoms with Gasteiger partial charge in [0, 0.05) is 6.07 Å². The molecule has 0 saturated carbocycles. The second-order valence-electron chi connectivity index (χ2n) is 5.06. The van der Waals surface area contributed by atoms with E-state index in [4.69, 9.17) is 9.47 Å². The van der Waals surface area contributed by atoms with Crippen molar-refractivity contribution in [3.8, 4) is 11.5 Å². The Labute approximate surface area is 134 Å². The summed E-state index contributed by atoms with van der Waals surface area (Å²) in [7, 11) is 2.95. The van der Waals surface area contributed by atoms with Crippen molar-refractivity contribution in [1.29, 1.82) is 0 Å². The number of rotatable bonds is 9. The molecule has 0 unspecified atom stereocenters. The lowest BCUT2D eigenvalue weighted by molar-refractivity contribution is -0.687. The molecule has 0 aliphatic rings. The molecule has 8 nitrogen and oxygen atoms in total. The molecule has 0 radical (unpaired) electrons. The van der Waals surface area contributed by atoms with E-state index in [1.165, 1.54) is 26.5 Å². The van der Waals surface area contributed by atoms with Crippen molar-refractivity contribution < 1.29 is 34.6 Å². The molecular weight excluding hydrogens is 304 g/mol. The third-order valence-corrected chi connectivity index (χ3v) is 3.15. The van der Waals surface area contributed by atoms with Crippen LogP contribution in [0.5, 0.6) is 11.5 Å². The van der Waals surface area contributed by atoms with Gasteiger partial charge in [-0.3, -0.25) is 4.79 Å². The van der Waals surface area contributed by atoms with Crippen LogP contribution in [-0.4, -0.2) is 49.9 Å². The van der Waals surface area contributed by atoms with Gasteiger partial charge in [0.2, 0.25) is 5.91 Å². The molecule has 1 amide bonds. The van der Waals surface area contributed by atoms with E-state index in [2.05, 4.69) is 5.32 Å². The third-order valence-electron chi connectivity index (χ3n) is 3.15. The Balaban J connectivity index is 2.75. The molecule has 8 heteroatoms. The summed E-state index contributed by atoms with van der Waals surface area (Å²) in [5.74, 6) is -0.915. The first-order chi connectivity index (χ1) is 10.9. The minimum Gasteiger partial charge on any atom is -0.544 e. The predicted molar refractivity (Wildman–Crippen MR) is 80.1 cm³/mol. The molecule has 0 bridgehead atoms. The van der Waals surface area contributed by atoms with Crippen molar-refractivity contribution in [3.05, 3.63) is 18.2 Å². The topological polar surface area (TPSA) is 125 Å². The third kappa shape index (κ3) is 6.13. The molecule has 0 saturated heterocycles. The van der Waals surface area contributed by atoms with Gasteiger partial charge in [0.05, 0.1) is 38.4 Å². The van der Waals surface area contributed by atoms with Gasteiger partial charge in [-0.1, -0.05) is 0 Å². The van der Waals surface area contributed by atoms with Gasteiger partial charge in [-0.15, -0.1) is 0 Å². The number of nitrogens with one attached hydrogen (secondary N) is 1. The highest BCUT2D eigenvalue weighted by atomic mass is 16.5. The lowest BCUT2D eigenvalue weighted by atomic mass is 10.2. The number of aliphatic hydroxyl groups is 1. The first-order valence-electron chi connectivity index (χ1n) is 7.11. The van der Waals surface area contributed by atoms with Crippen LogP contribution in [0.25, 0.3) is 0 Å². The summed E-state index contributed by atoms with van der Waals surface area (Å²) in [6, 6.07) is 3.80. The smallest absolute Gasteiger partial charge is 0.230 e. The monoisotopic (exact) mass is 326 g/mol. The Morgan fingerprint density at radius 2 is 2.04 bits per heavy atom. The molecule has 0 aliphatic carbocycles. The number of benzene rings is 1. The molecule has 0 spiro atoms. The first kappa shape index (κ1) is 18.7. The Morgan fingerprint density at radius 1 is 1.35 bits per heavy atom. The minimum atomic E-state index is -1.36. The summed E-state index contributed by atoms with van der Waals surface area (Å²) in [5.41, 5.74) is 0.379. The average molecular weight is 326 g/mol. The van der Waals surface area contributed by atoms with Crippen LogP contribution in [0.15, 0.2) is 18.2 Å². The summed E-state index contributed by atoms with van der Waals surface area (Å²) in [6.45, 7) is 1.69. The van der Waals surface area contributed by atoms with E-state index < -0.39 is 24.0 Å². The summed E-state index contributed by atoms with van der Waals surface area (Å²) in [4.78, 5) is 23.1. The van der Waals surface area contributed by atoms with Gasteiger partial charge in [-0.05, 0) is 19.1 Å². The van der Waals surface area contributed by atoms with Crippen molar-refractivity contribution in [2.75, 3.05) is 26.1 Å². The van der Waals surface area contributed by atoms with Crippen molar-refractivity contribution in [2.45, 2.75) is 25.5 Å². The number of nitrogens with two attached hydrogens (primary N) is 1. The Bertz CT molecular complexity index is 547. The second kappa shape index (κ2) is 8.96. The van der Waals surface area contributed by atoms with Crippen molar-refractivity contribution in [3.63, 3.8) is 0 Å². The predicted octanol–water partition coefficient (Wildman–Crippen LogP) is -1.90. The number of hydrogen-bond acceptors (Lipinski definition) is 6. The van der Waals surface area contributed by atoms with Crippen LogP contribution in [0, 0.1) is 0 Å². The van der Waals surface area contributed by atoms with E-state index in [0.29, 0.717) is 17.2 Å². The van der Waals surface area contributed by atoms with Crippen LogP contribution in [-0.2, 0) is 9.59 Å². The van der Waals surface area contributed by atoms with Crippen LogP contribution in [0.2, 0.25) is 0 Å². The van der Waals surface area contributed by atoms with Crippen LogP contribution in [0.1, 0.15) is 13.3 Å². The zero-order chi connectivity index (χ0) is 17.4. The normalized spacial score (nSPS) is 13.0. The summed E-state index contributed by atoms with van der Waals surface area (Å²) >= 11 is 0. The summed E-state index contributed by atoms with van der Waals surface area (Å²) in [5, 5.41) is 24.2. The van der Waals surface area contributed by atoms with E-state index in [0.717, 1.165) is 0 Å². The molecule has 4 N–H and O–H groups in total. The number of ether oxygens (including phenoxy) is 2. The van der Waals surface area contributed by atoms with E-state index in [-0.39, 0.29) is 13.0 Å². The van der Waals surface area contributed by atoms with E-state index >= 15 is 0 Å². The lowest BCUT2D eigenvalue weighted by Gasteiger charge is -2.18. The molecule has 1 aromatic carbocycles. The Hall–Kier alpha value is -2.32. The largest absolute Gasteiger partial charge is 0.544 e. The van der Waals surface area contributed by atoms with Crippen molar-refractivity contribution >= 4 is 17.6 Å². The highest BCUT2D eigenvalue weighted by molar-refractivity contribution is 5.94. The number of carbonyl (C=O) groups excluding carboxylic acids is 2. The number of quaternary nitrogens is 1. The highest BCUT2D eigenvalue weighted by Gasteiger charge is 2.20. The second-order valence-corrected chi connectivity index (χ2v) is 5.06. The van der Waals surface area contributed by atoms with Gasteiger partial charge in [0.1, 0.15) is 24.1 Å². The standard InChI is InChI=1S/C15H22N2O6/c1-9(18)8-16-12(15(20)21)7-14(19)17-11-6-10(22-2)4-5-13(11)23-3/h4-6,9,12,16,18H,7-8H2,1-3H3,(H,17,19)(H,20,21)/t9-,12+/m1/s1. The number of anilines is 1. The fourth-order valence-electron chi connectivity index (χ4n) is 1.94. The maximum Gasteiger partial charge on any atom is 0.230 e. The molecule has 2 atom stereocenters. The first-order valence-corrected chi connectivity index (χ1v) is 7.11. The van der Waals surface area contributed by atoms with E-state index in [1.54, 1.807) is 18.2 Å². The van der Waals surface area contributed by atoms with Crippen molar-refractivity contribution in [2.24, 2.45) is 0 Å². The van der Waals surface area contributed by atoms with Gasteiger partial charge in [-0.25, -0.2) is 0 Å². The molecule has 128 valence electrons. The number of amides is 1. The Morgan fingerprint density at radius 3 is 2.57 bits per heavy atom. The number of methoxy groups -OCH3 is 2. The fourth-order valence-corrected chi connectivity index (χ4v) is 1.94. The minimum absolute atomic E-state index is 0.161. The maximum atomic E-state index is 12.1. The van der Waals surface area contributed by atoms with E-state index in [9.17, 15) is 19.8 Å². The maximum absolute atomic E-state index is 12.1. The highest BCUT2D eigenvalue weighted by Crippen LogP contribution is 2.28. The quantitative estimate of drug-likeness (QED) is 0.487.